The molecule has 0 aliphatic carbocycles. The lowest BCUT2D eigenvalue weighted by molar-refractivity contribution is -0.143. The minimum Gasteiger partial charge on any atom is -0.466 e. The Labute approximate surface area is 106 Å². The van der Waals surface area contributed by atoms with Gasteiger partial charge in [0.25, 0.3) is 0 Å². The molecule has 1 rings (SSSR count). The van der Waals surface area contributed by atoms with Crippen LogP contribution in [0.4, 0.5) is 0 Å². The van der Waals surface area contributed by atoms with Gasteiger partial charge in [-0.25, -0.2) is 0 Å². The number of hydrogen-bond acceptors (Lipinski definition) is 3. The normalized spacial score (nSPS) is 22.8. The maximum Gasteiger partial charge on any atom is 0.307 e. The largest absolute Gasteiger partial charge is 0.466 e. The molecular formula is C14H27NO2. The van der Waals surface area contributed by atoms with Crippen LogP contribution in [0, 0.1) is 5.92 Å². The van der Waals surface area contributed by atoms with Gasteiger partial charge in [-0.2, -0.15) is 0 Å². The zero-order chi connectivity index (χ0) is 12.7. The van der Waals surface area contributed by atoms with Crippen LogP contribution in [0.15, 0.2) is 0 Å². The molecule has 1 saturated heterocycles. The average Bonchev–Trinajstić information content (AvgIpc) is 2.96. The highest BCUT2D eigenvalue weighted by atomic mass is 16.5. The van der Waals surface area contributed by atoms with Crippen LogP contribution in [-0.4, -0.2) is 36.6 Å². The number of rotatable bonds is 9. The first-order valence-electron chi connectivity index (χ1n) is 6.99. The molecule has 0 amide bonds. The van der Waals surface area contributed by atoms with Gasteiger partial charge in [-0.3, -0.25) is 9.69 Å². The second-order valence-electron chi connectivity index (χ2n) is 5.56. The highest BCUT2D eigenvalue weighted by molar-refractivity contribution is 5.69. The van der Waals surface area contributed by atoms with Gasteiger partial charge in [-0.05, 0) is 19.3 Å². The molecular weight excluding hydrogens is 214 g/mol. The summed E-state index contributed by atoms with van der Waals surface area (Å²) in [6.45, 7) is 9.28. The van der Waals surface area contributed by atoms with Crippen LogP contribution < -0.4 is 0 Å². The van der Waals surface area contributed by atoms with Crippen molar-refractivity contribution in [2.45, 2.75) is 58.9 Å². The molecule has 0 bridgehead atoms. The standard InChI is InChI=1S/C14H27NO2/c1-12(2)7-5-4-6-10-17-14(16)8-9-15-11-13(15)3/h12-13H,4-11H2,1-3H3. The molecule has 2 atom stereocenters. The predicted octanol–water partition coefficient (Wildman–Crippen LogP) is 2.84. The molecule has 1 heterocycles. The third-order valence-corrected chi connectivity index (χ3v) is 3.28. The molecule has 1 fully saturated rings. The number of ether oxygens (including phenoxy) is 1. The van der Waals surface area contributed by atoms with Crippen molar-refractivity contribution in [3.05, 3.63) is 0 Å². The van der Waals surface area contributed by atoms with E-state index in [1.165, 1.54) is 19.3 Å². The predicted molar refractivity (Wildman–Crippen MR) is 69.9 cm³/mol. The lowest BCUT2D eigenvalue weighted by Crippen LogP contribution is -2.12. The molecule has 0 aromatic heterocycles. The van der Waals surface area contributed by atoms with E-state index in [-0.39, 0.29) is 5.97 Å². The summed E-state index contributed by atoms with van der Waals surface area (Å²) in [4.78, 5) is 13.7. The van der Waals surface area contributed by atoms with Crippen molar-refractivity contribution in [3.63, 3.8) is 0 Å². The molecule has 0 saturated carbocycles. The fourth-order valence-corrected chi connectivity index (χ4v) is 1.93. The van der Waals surface area contributed by atoms with Crippen LogP contribution in [-0.2, 0) is 9.53 Å². The quantitative estimate of drug-likeness (QED) is 0.353. The van der Waals surface area contributed by atoms with Crippen LogP contribution in [0.1, 0.15) is 52.9 Å². The number of hydrogen-bond donors (Lipinski definition) is 0. The van der Waals surface area contributed by atoms with Gasteiger partial charge in [-0.15, -0.1) is 0 Å². The average molecular weight is 241 g/mol. The maximum absolute atomic E-state index is 11.4. The summed E-state index contributed by atoms with van der Waals surface area (Å²) < 4.78 is 5.20. The molecule has 17 heavy (non-hydrogen) atoms. The van der Waals surface area contributed by atoms with Crippen molar-refractivity contribution >= 4 is 5.97 Å². The van der Waals surface area contributed by atoms with Crippen molar-refractivity contribution in [3.8, 4) is 0 Å². The van der Waals surface area contributed by atoms with Crippen LogP contribution in [0.25, 0.3) is 0 Å². The first-order valence-corrected chi connectivity index (χ1v) is 6.99. The van der Waals surface area contributed by atoms with Crippen LogP contribution in [0.5, 0.6) is 0 Å². The smallest absolute Gasteiger partial charge is 0.307 e. The Morgan fingerprint density at radius 1 is 1.35 bits per heavy atom. The van der Waals surface area contributed by atoms with Gasteiger partial charge < -0.3 is 4.74 Å². The fourth-order valence-electron chi connectivity index (χ4n) is 1.93. The van der Waals surface area contributed by atoms with Gasteiger partial charge in [0.05, 0.1) is 13.0 Å². The van der Waals surface area contributed by atoms with E-state index in [1.54, 1.807) is 0 Å². The summed E-state index contributed by atoms with van der Waals surface area (Å²) >= 11 is 0. The summed E-state index contributed by atoms with van der Waals surface area (Å²) in [6, 6.07) is 0.679. The minimum atomic E-state index is -0.0343. The maximum atomic E-state index is 11.4. The Morgan fingerprint density at radius 2 is 2.06 bits per heavy atom. The Balaban J connectivity index is 1.83. The van der Waals surface area contributed by atoms with Crippen molar-refractivity contribution in [1.29, 1.82) is 0 Å². The monoisotopic (exact) mass is 241 g/mol. The molecule has 0 N–H and O–H groups in total. The zero-order valence-electron chi connectivity index (χ0n) is 11.6. The van der Waals surface area contributed by atoms with E-state index in [2.05, 4.69) is 25.7 Å². The second-order valence-corrected chi connectivity index (χ2v) is 5.56. The summed E-state index contributed by atoms with van der Waals surface area (Å²) in [7, 11) is 0. The molecule has 0 aromatic carbocycles. The summed E-state index contributed by atoms with van der Waals surface area (Å²) in [5.74, 6) is 0.750. The SMILES string of the molecule is CC(C)CCCCCOC(=O)CCN1CC1C. The van der Waals surface area contributed by atoms with Crippen molar-refractivity contribution in [2.75, 3.05) is 19.7 Å². The van der Waals surface area contributed by atoms with E-state index < -0.39 is 0 Å². The summed E-state index contributed by atoms with van der Waals surface area (Å²) in [5.41, 5.74) is 0. The van der Waals surface area contributed by atoms with Crippen LogP contribution >= 0.6 is 0 Å². The lowest BCUT2D eigenvalue weighted by atomic mass is 10.1. The van der Waals surface area contributed by atoms with E-state index in [9.17, 15) is 4.79 Å². The highest BCUT2D eigenvalue weighted by Gasteiger charge is 2.28. The third-order valence-electron chi connectivity index (χ3n) is 3.28. The van der Waals surface area contributed by atoms with E-state index in [4.69, 9.17) is 4.74 Å². The molecule has 3 heteroatoms. The molecule has 1 aliphatic rings. The summed E-state index contributed by atoms with van der Waals surface area (Å²) in [5, 5.41) is 0. The zero-order valence-corrected chi connectivity index (χ0v) is 11.6. The molecule has 1 aliphatic heterocycles. The van der Waals surface area contributed by atoms with E-state index in [1.807, 2.05) is 0 Å². The van der Waals surface area contributed by atoms with Gasteiger partial charge in [0.15, 0.2) is 0 Å². The first-order chi connectivity index (χ1) is 8.09. The summed E-state index contributed by atoms with van der Waals surface area (Å²) in [6.07, 6.45) is 5.27. The number of carbonyl (C=O) groups excluding carboxylic acids is 1. The third kappa shape index (κ3) is 7.37. The van der Waals surface area contributed by atoms with Crippen molar-refractivity contribution in [2.24, 2.45) is 5.92 Å². The molecule has 2 unspecified atom stereocenters. The molecule has 100 valence electrons. The number of unbranched alkanes of at least 4 members (excludes halogenated alkanes) is 2. The Morgan fingerprint density at radius 3 is 2.65 bits per heavy atom. The van der Waals surface area contributed by atoms with Gasteiger partial charge in [0, 0.05) is 19.1 Å². The second kappa shape index (κ2) is 7.70. The topological polar surface area (TPSA) is 29.3 Å². The van der Waals surface area contributed by atoms with Gasteiger partial charge in [-0.1, -0.05) is 33.1 Å². The van der Waals surface area contributed by atoms with Gasteiger partial charge >= 0.3 is 5.97 Å². The van der Waals surface area contributed by atoms with Crippen LogP contribution in [0.3, 0.4) is 0 Å². The van der Waals surface area contributed by atoms with Gasteiger partial charge in [0.1, 0.15) is 0 Å². The van der Waals surface area contributed by atoms with E-state index in [0.717, 1.165) is 25.4 Å². The van der Waals surface area contributed by atoms with Crippen molar-refractivity contribution < 1.29 is 9.53 Å². The van der Waals surface area contributed by atoms with Crippen LogP contribution in [0.2, 0.25) is 0 Å². The lowest BCUT2D eigenvalue weighted by Gasteiger charge is -2.06. The van der Waals surface area contributed by atoms with E-state index in [0.29, 0.717) is 19.1 Å². The fraction of sp³-hybridized carbons (Fsp3) is 0.929. The number of nitrogens with zero attached hydrogens (tertiary/aromatic N) is 1. The molecule has 0 spiro atoms. The molecule has 0 aromatic rings. The minimum absolute atomic E-state index is 0.0343. The van der Waals surface area contributed by atoms with Crippen molar-refractivity contribution in [1.82, 2.24) is 4.90 Å². The molecule has 0 radical (unpaired) electrons. The Bertz CT molecular complexity index is 228. The number of carbonyl (C=O) groups is 1. The highest BCUT2D eigenvalue weighted by Crippen LogP contribution is 2.15. The van der Waals surface area contributed by atoms with Gasteiger partial charge in [0.2, 0.25) is 0 Å². The molecule has 3 nitrogen and oxygen atoms in total. The number of esters is 1. The Kier molecular flexibility index (Phi) is 6.56. The Hall–Kier alpha value is -0.570. The first kappa shape index (κ1) is 14.5. The van der Waals surface area contributed by atoms with E-state index >= 15 is 0 Å².